The quantitative estimate of drug-likeness (QED) is 0.848. The van der Waals surface area contributed by atoms with Crippen LogP contribution in [0.4, 0.5) is 14.9 Å². The lowest BCUT2D eigenvalue weighted by atomic mass is 10.1. The summed E-state index contributed by atoms with van der Waals surface area (Å²) >= 11 is 5.81. The molecular formula is C17H24ClFN2O2. The highest BCUT2D eigenvalue weighted by atomic mass is 35.5. The van der Waals surface area contributed by atoms with E-state index in [0.29, 0.717) is 18.8 Å². The fourth-order valence-corrected chi connectivity index (χ4v) is 2.76. The summed E-state index contributed by atoms with van der Waals surface area (Å²) in [7, 11) is 0. The number of nitrogens with one attached hydrogen (secondary N) is 1. The number of benzene rings is 1. The first kappa shape index (κ1) is 17.9. The number of anilines is 1. The topological polar surface area (TPSA) is 41.6 Å². The van der Waals surface area contributed by atoms with Crippen LogP contribution >= 0.6 is 11.6 Å². The molecule has 1 aromatic rings. The smallest absolute Gasteiger partial charge is 0.410 e. The molecule has 6 heteroatoms. The summed E-state index contributed by atoms with van der Waals surface area (Å²) in [6, 6.07) is 5.03. The van der Waals surface area contributed by atoms with Crippen molar-refractivity contribution in [2.24, 2.45) is 0 Å². The average molecular weight is 343 g/mol. The fraction of sp³-hybridized carbons (Fsp3) is 0.588. The normalized spacial score (nSPS) is 19.2. The first-order valence-corrected chi connectivity index (χ1v) is 8.32. The number of nitrogens with zero attached hydrogens (tertiary/aromatic N) is 1. The molecule has 23 heavy (non-hydrogen) atoms. The molecular weight excluding hydrogens is 319 g/mol. The van der Waals surface area contributed by atoms with Crippen LogP contribution < -0.4 is 5.32 Å². The Bertz CT molecular complexity index is 560. The number of ether oxygens (including phenoxy) is 1. The second-order valence-corrected chi connectivity index (χ2v) is 7.25. The first-order chi connectivity index (χ1) is 10.8. The maximum atomic E-state index is 14.0. The second kappa shape index (κ2) is 7.39. The van der Waals surface area contributed by atoms with Crippen LogP contribution in [-0.4, -0.2) is 35.7 Å². The summed E-state index contributed by atoms with van der Waals surface area (Å²) in [6.45, 7) is 6.82. The molecule has 1 amide bonds. The number of carbonyl (C=O) groups is 1. The molecule has 0 bridgehead atoms. The number of halogens is 2. The number of carbonyl (C=O) groups excluding carboxylic acids is 1. The monoisotopic (exact) mass is 342 g/mol. The Hall–Kier alpha value is -1.49. The highest BCUT2D eigenvalue weighted by Crippen LogP contribution is 2.25. The van der Waals surface area contributed by atoms with Crippen LogP contribution in [0.5, 0.6) is 0 Å². The van der Waals surface area contributed by atoms with Crippen LogP contribution in [0.2, 0.25) is 5.02 Å². The third kappa shape index (κ3) is 5.27. The molecule has 0 spiro atoms. The van der Waals surface area contributed by atoms with E-state index in [1.807, 2.05) is 20.8 Å². The Balaban J connectivity index is 1.93. The van der Waals surface area contributed by atoms with Gasteiger partial charge in [0.15, 0.2) is 5.82 Å². The largest absolute Gasteiger partial charge is 0.444 e. The van der Waals surface area contributed by atoms with Gasteiger partial charge in [-0.15, -0.1) is 0 Å². The van der Waals surface area contributed by atoms with E-state index in [4.69, 9.17) is 16.3 Å². The molecule has 1 aromatic carbocycles. The zero-order valence-electron chi connectivity index (χ0n) is 13.9. The van der Waals surface area contributed by atoms with E-state index in [2.05, 4.69) is 5.32 Å². The Morgan fingerprint density at radius 3 is 2.78 bits per heavy atom. The SMILES string of the molecule is CC(C)(C)OC(=O)N1CCCC(Nc2cccc(Cl)c2F)CC1. The van der Waals surface area contributed by atoms with Crippen molar-refractivity contribution in [1.82, 2.24) is 4.90 Å². The van der Waals surface area contributed by atoms with Crippen molar-refractivity contribution in [3.63, 3.8) is 0 Å². The number of hydrogen-bond donors (Lipinski definition) is 1. The summed E-state index contributed by atoms with van der Waals surface area (Å²) in [5.74, 6) is -0.428. The van der Waals surface area contributed by atoms with Crippen molar-refractivity contribution in [2.75, 3.05) is 18.4 Å². The molecule has 0 radical (unpaired) electrons. The van der Waals surface area contributed by atoms with Gasteiger partial charge in [0.1, 0.15) is 5.60 Å². The van der Waals surface area contributed by atoms with E-state index in [-0.39, 0.29) is 17.2 Å². The Labute approximate surface area is 141 Å². The highest BCUT2D eigenvalue weighted by Gasteiger charge is 2.25. The maximum Gasteiger partial charge on any atom is 0.410 e. The maximum absolute atomic E-state index is 14.0. The van der Waals surface area contributed by atoms with Crippen LogP contribution in [-0.2, 0) is 4.74 Å². The van der Waals surface area contributed by atoms with Crippen molar-refractivity contribution in [3.05, 3.63) is 29.0 Å². The number of likely N-dealkylation sites (tertiary alicyclic amines) is 1. The summed E-state index contributed by atoms with van der Waals surface area (Å²) in [5, 5.41) is 3.31. The molecule has 1 aliphatic rings. The van der Waals surface area contributed by atoms with Gasteiger partial charge in [-0.3, -0.25) is 0 Å². The number of amides is 1. The predicted octanol–water partition coefficient (Wildman–Crippen LogP) is 4.68. The predicted molar refractivity (Wildman–Crippen MR) is 90.5 cm³/mol. The first-order valence-electron chi connectivity index (χ1n) is 7.95. The summed E-state index contributed by atoms with van der Waals surface area (Å²) < 4.78 is 19.4. The highest BCUT2D eigenvalue weighted by molar-refractivity contribution is 6.31. The summed E-state index contributed by atoms with van der Waals surface area (Å²) in [5.41, 5.74) is -0.0847. The van der Waals surface area contributed by atoms with E-state index < -0.39 is 11.4 Å². The minimum absolute atomic E-state index is 0.107. The molecule has 1 aliphatic heterocycles. The molecule has 1 heterocycles. The molecule has 0 saturated carbocycles. The minimum atomic E-state index is -0.495. The third-order valence-corrected chi connectivity index (χ3v) is 3.98. The van der Waals surface area contributed by atoms with Gasteiger partial charge in [0.25, 0.3) is 0 Å². The molecule has 1 atom stereocenters. The van der Waals surface area contributed by atoms with Gasteiger partial charge in [-0.25, -0.2) is 9.18 Å². The number of rotatable bonds is 2. The van der Waals surface area contributed by atoms with E-state index in [9.17, 15) is 9.18 Å². The number of hydrogen-bond acceptors (Lipinski definition) is 3. The Kier molecular flexibility index (Phi) is 5.74. The summed E-state index contributed by atoms with van der Waals surface area (Å²) in [6.07, 6.45) is 2.17. The van der Waals surface area contributed by atoms with Gasteiger partial charge in [-0.05, 0) is 52.2 Å². The van der Waals surface area contributed by atoms with Gasteiger partial charge in [0, 0.05) is 19.1 Å². The molecule has 2 rings (SSSR count). The molecule has 128 valence electrons. The van der Waals surface area contributed by atoms with Crippen LogP contribution in [0.25, 0.3) is 0 Å². The Morgan fingerprint density at radius 2 is 2.09 bits per heavy atom. The lowest BCUT2D eigenvalue weighted by Crippen LogP contribution is -2.37. The van der Waals surface area contributed by atoms with E-state index in [0.717, 1.165) is 19.3 Å². The van der Waals surface area contributed by atoms with Crippen LogP contribution in [0, 0.1) is 5.82 Å². The van der Waals surface area contributed by atoms with E-state index >= 15 is 0 Å². The summed E-state index contributed by atoms with van der Waals surface area (Å²) in [4.78, 5) is 13.9. The third-order valence-electron chi connectivity index (χ3n) is 3.69. The average Bonchev–Trinajstić information content (AvgIpc) is 2.68. The van der Waals surface area contributed by atoms with E-state index in [1.54, 1.807) is 17.0 Å². The molecule has 1 saturated heterocycles. The second-order valence-electron chi connectivity index (χ2n) is 6.84. The van der Waals surface area contributed by atoms with Crippen molar-refractivity contribution < 1.29 is 13.9 Å². The molecule has 1 unspecified atom stereocenters. The minimum Gasteiger partial charge on any atom is -0.444 e. The van der Waals surface area contributed by atoms with Gasteiger partial charge in [0.05, 0.1) is 10.7 Å². The fourth-order valence-electron chi connectivity index (χ4n) is 2.58. The van der Waals surface area contributed by atoms with Crippen molar-refractivity contribution in [2.45, 2.75) is 51.7 Å². The van der Waals surface area contributed by atoms with Gasteiger partial charge < -0.3 is 15.0 Å². The molecule has 4 nitrogen and oxygen atoms in total. The lowest BCUT2D eigenvalue weighted by Gasteiger charge is -2.26. The van der Waals surface area contributed by atoms with Crippen LogP contribution in [0.1, 0.15) is 40.0 Å². The van der Waals surface area contributed by atoms with E-state index in [1.165, 1.54) is 6.07 Å². The molecule has 0 aromatic heterocycles. The molecule has 0 aliphatic carbocycles. The van der Waals surface area contributed by atoms with Gasteiger partial charge in [-0.1, -0.05) is 17.7 Å². The van der Waals surface area contributed by atoms with Gasteiger partial charge in [0.2, 0.25) is 0 Å². The van der Waals surface area contributed by atoms with Gasteiger partial charge >= 0.3 is 6.09 Å². The Morgan fingerprint density at radius 1 is 1.35 bits per heavy atom. The zero-order valence-corrected chi connectivity index (χ0v) is 14.6. The standard InChI is InChI=1S/C17H24ClFN2O2/c1-17(2,3)23-16(22)21-10-5-6-12(9-11-21)20-14-8-4-7-13(18)15(14)19/h4,7-8,12,20H,5-6,9-11H2,1-3H3. The lowest BCUT2D eigenvalue weighted by molar-refractivity contribution is 0.0256. The molecule has 1 fully saturated rings. The van der Waals surface area contributed by atoms with Gasteiger partial charge in [-0.2, -0.15) is 0 Å². The van der Waals surface area contributed by atoms with Crippen LogP contribution in [0.3, 0.4) is 0 Å². The van der Waals surface area contributed by atoms with Crippen LogP contribution in [0.15, 0.2) is 18.2 Å². The molecule has 1 N–H and O–H groups in total. The van der Waals surface area contributed by atoms with Crippen molar-refractivity contribution >= 4 is 23.4 Å². The van der Waals surface area contributed by atoms with Crippen molar-refractivity contribution in [1.29, 1.82) is 0 Å². The van der Waals surface area contributed by atoms with Crippen molar-refractivity contribution in [3.8, 4) is 0 Å². The zero-order chi connectivity index (χ0) is 17.0.